The molecule has 0 saturated heterocycles. The molecule has 2 aromatic carbocycles. The largest absolute Gasteiger partial charge is 0.497 e. The summed E-state index contributed by atoms with van der Waals surface area (Å²) in [5.74, 6) is 0.0869. The van der Waals surface area contributed by atoms with Crippen molar-refractivity contribution in [2.45, 2.75) is 11.8 Å². The van der Waals surface area contributed by atoms with Crippen LogP contribution in [0.1, 0.15) is 12.5 Å². The van der Waals surface area contributed by atoms with Crippen LogP contribution in [-0.2, 0) is 14.8 Å². The Hall–Kier alpha value is -2.89. The van der Waals surface area contributed by atoms with Crippen LogP contribution >= 0.6 is 0 Å². The van der Waals surface area contributed by atoms with Crippen LogP contribution in [0.4, 0.5) is 5.69 Å². The number of hydrogen-bond acceptors (Lipinski definition) is 5. The molecular weight excluding hydrogens is 354 g/mol. The number of carbonyl (C=O) groups excluding carboxylic acids is 1. The quantitative estimate of drug-likeness (QED) is 0.802. The summed E-state index contributed by atoms with van der Waals surface area (Å²) in [4.78, 5) is 12.2. The van der Waals surface area contributed by atoms with Gasteiger partial charge in [-0.3, -0.25) is 4.79 Å². The predicted molar refractivity (Wildman–Crippen MR) is 97.2 cm³/mol. The van der Waals surface area contributed by atoms with E-state index in [1.54, 1.807) is 37.3 Å². The SMILES string of the molecule is CCN(CC(=O)Nc1cccc(OC)c1)S(=O)(=O)c1ccccc1C#N. The van der Waals surface area contributed by atoms with Crippen LogP contribution in [0.5, 0.6) is 5.75 Å². The van der Waals surface area contributed by atoms with Crippen LogP contribution < -0.4 is 10.1 Å². The molecule has 0 unspecified atom stereocenters. The molecule has 0 aliphatic rings. The molecule has 26 heavy (non-hydrogen) atoms. The topological polar surface area (TPSA) is 99.5 Å². The number of benzene rings is 2. The Kier molecular flexibility index (Phi) is 6.33. The van der Waals surface area contributed by atoms with E-state index in [4.69, 9.17) is 10.00 Å². The fourth-order valence-electron chi connectivity index (χ4n) is 2.35. The Morgan fingerprint density at radius 2 is 1.96 bits per heavy atom. The molecule has 0 heterocycles. The molecule has 1 amide bonds. The third-order valence-corrected chi connectivity index (χ3v) is 5.63. The summed E-state index contributed by atoms with van der Waals surface area (Å²) in [6.07, 6.45) is 0. The van der Waals surface area contributed by atoms with Crippen LogP contribution in [0.3, 0.4) is 0 Å². The van der Waals surface area contributed by atoms with E-state index in [9.17, 15) is 13.2 Å². The molecule has 136 valence electrons. The maximum Gasteiger partial charge on any atom is 0.244 e. The van der Waals surface area contributed by atoms with Gasteiger partial charge < -0.3 is 10.1 Å². The summed E-state index contributed by atoms with van der Waals surface area (Å²) in [5, 5.41) is 11.8. The first kappa shape index (κ1) is 19.4. The fourth-order valence-corrected chi connectivity index (χ4v) is 3.90. The monoisotopic (exact) mass is 373 g/mol. The van der Waals surface area contributed by atoms with Gasteiger partial charge >= 0.3 is 0 Å². The van der Waals surface area contributed by atoms with Crippen molar-refractivity contribution in [2.75, 3.05) is 25.5 Å². The second-order valence-corrected chi connectivity index (χ2v) is 7.23. The molecule has 7 nitrogen and oxygen atoms in total. The number of sulfonamides is 1. The summed E-state index contributed by atoms with van der Waals surface area (Å²) in [6, 6.07) is 14.5. The van der Waals surface area contributed by atoms with E-state index < -0.39 is 15.9 Å². The van der Waals surface area contributed by atoms with Crippen molar-refractivity contribution in [3.8, 4) is 11.8 Å². The lowest BCUT2D eigenvalue weighted by atomic mass is 10.2. The van der Waals surface area contributed by atoms with Gasteiger partial charge in [-0.15, -0.1) is 0 Å². The van der Waals surface area contributed by atoms with Gasteiger partial charge in [-0.2, -0.15) is 9.57 Å². The lowest BCUT2D eigenvalue weighted by Gasteiger charge is -2.20. The van der Waals surface area contributed by atoms with Crippen molar-refractivity contribution in [1.82, 2.24) is 4.31 Å². The normalized spacial score (nSPS) is 11.0. The van der Waals surface area contributed by atoms with Gasteiger partial charge in [0.25, 0.3) is 0 Å². The molecule has 0 atom stereocenters. The smallest absolute Gasteiger partial charge is 0.244 e. The number of ether oxygens (including phenoxy) is 1. The molecule has 8 heteroatoms. The van der Waals surface area contributed by atoms with Crippen molar-refractivity contribution in [3.05, 3.63) is 54.1 Å². The van der Waals surface area contributed by atoms with Gasteiger partial charge in [0.05, 0.1) is 24.1 Å². The molecule has 0 radical (unpaired) electrons. The van der Waals surface area contributed by atoms with Crippen molar-refractivity contribution in [3.63, 3.8) is 0 Å². The summed E-state index contributed by atoms with van der Waals surface area (Å²) >= 11 is 0. The predicted octanol–water partition coefficient (Wildman–Crippen LogP) is 2.22. The van der Waals surface area contributed by atoms with Crippen LogP contribution in [0.15, 0.2) is 53.4 Å². The Morgan fingerprint density at radius 1 is 1.23 bits per heavy atom. The molecular formula is C18H19N3O4S. The molecule has 0 saturated carbocycles. The maximum atomic E-state index is 12.8. The average molecular weight is 373 g/mol. The third kappa shape index (κ3) is 4.39. The molecule has 0 aromatic heterocycles. The second kappa shape index (κ2) is 8.47. The first-order valence-electron chi connectivity index (χ1n) is 7.85. The summed E-state index contributed by atoms with van der Waals surface area (Å²) < 4.78 is 31.7. The Balaban J connectivity index is 2.20. The van der Waals surface area contributed by atoms with Crippen LogP contribution in [-0.4, -0.2) is 38.8 Å². The zero-order valence-corrected chi connectivity index (χ0v) is 15.3. The zero-order chi connectivity index (χ0) is 19.2. The molecule has 0 aliphatic heterocycles. The lowest BCUT2D eigenvalue weighted by molar-refractivity contribution is -0.116. The molecule has 0 spiro atoms. The minimum Gasteiger partial charge on any atom is -0.497 e. The minimum absolute atomic E-state index is 0.0409. The Bertz CT molecular complexity index is 935. The van der Waals surface area contributed by atoms with Gasteiger partial charge in [0.1, 0.15) is 11.8 Å². The van der Waals surface area contributed by atoms with E-state index >= 15 is 0 Å². The maximum absolute atomic E-state index is 12.8. The summed E-state index contributed by atoms with van der Waals surface area (Å²) in [7, 11) is -2.46. The molecule has 2 aromatic rings. The van der Waals surface area contributed by atoms with Crippen molar-refractivity contribution < 1.29 is 17.9 Å². The van der Waals surface area contributed by atoms with Crippen LogP contribution in [0.2, 0.25) is 0 Å². The van der Waals surface area contributed by atoms with Crippen molar-refractivity contribution in [2.24, 2.45) is 0 Å². The average Bonchev–Trinajstić information content (AvgIpc) is 2.65. The van der Waals surface area contributed by atoms with Crippen molar-refractivity contribution in [1.29, 1.82) is 5.26 Å². The molecule has 0 fully saturated rings. The van der Waals surface area contributed by atoms with E-state index in [1.165, 1.54) is 25.3 Å². The molecule has 0 bridgehead atoms. The third-order valence-electron chi connectivity index (χ3n) is 3.65. The van der Waals surface area contributed by atoms with Gasteiger partial charge in [0, 0.05) is 18.3 Å². The molecule has 2 rings (SSSR count). The van der Waals surface area contributed by atoms with E-state index in [1.807, 2.05) is 6.07 Å². The number of nitrogens with one attached hydrogen (secondary N) is 1. The zero-order valence-electron chi connectivity index (χ0n) is 14.5. The lowest BCUT2D eigenvalue weighted by Crippen LogP contribution is -2.38. The van der Waals surface area contributed by atoms with Crippen LogP contribution in [0, 0.1) is 11.3 Å². The number of anilines is 1. The second-order valence-electron chi connectivity index (χ2n) is 5.32. The summed E-state index contributed by atoms with van der Waals surface area (Å²) in [5.41, 5.74) is 0.541. The van der Waals surface area contributed by atoms with Crippen LogP contribution in [0.25, 0.3) is 0 Å². The van der Waals surface area contributed by atoms with E-state index in [0.29, 0.717) is 11.4 Å². The first-order valence-corrected chi connectivity index (χ1v) is 9.29. The van der Waals surface area contributed by atoms with Gasteiger partial charge in [0.15, 0.2) is 0 Å². The van der Waals surface area contributed by atoms with Gasteiger partial charge in [-0.25, -0.2) is 8.42 Å². The first-order chi connectivity index (χ1) is 12.4. The van der Waals surface area contributed by atoms with Gasteiger partial charge in [0.2, 0.25) is 15.9 Å². The number of nitrogens with zero attached hydrogens (tertiary/aromatic N) is 2. The molecule has 0 aliphatic carbocycles. The highest BCUT2D eigenvalue weighted by Gasteiger charge is 2.27. The van der Waals surface area contributed by atoms with E-state index in [0.717, 1.165) is 4.31 Å². The highest BCUT2D eigenvalue weighted by Crippen LogP contribution is 2.20. The Labute approximate surface area is 152 Å². The fraction of sp³-hybridized carbons (Fsp3) is 0.222. The van der Waals surface area contributed by atoms with Gasteiger partial charge in [-0.05, 0) is 24.3 Å². The number of hydrogen-bond donors (Lipinski definition) is 1. The number of carbonyl (C=O) groups is 1. The highest BCUT2D eigenvalue weighted by molar-refractivity contribution is 7.89. The van der Waals surface area contributed by atoms with E-state index in [2.05, 4.69) is 5.32 Å². The number of methoxy groups -OCH3 is 1. The van der Waals surface area contributed by atoms with E-state index in [-0.39, 0.29) is 23.5 Å². The number of nitriles is 1. The van der Waals surface area contributed by atoms with Gasteiger partial charge in [-0.1, -0.05) is 25.1 Å². The number of amides is 1. The molecule has 1 N–H and O–H groups in total. The highest BCUT2D eigenvalue weighted by atomic mass is 32.2. The standard InChI is InChI=1S/C18H19N3O4S/c1-3-21(26(23,24)17-10-5-4-7-14(17)12-19)13-18(22)20-15-8-6-9-16(11-15)25-2/h4-11H,3,13H2,1-2H3,(H,20,22). The Morgan fingerprint density at radius 3 is 2.62 bits per heavy atom. The number of likely N-dealkylation sites (N-methyl/N-ethyl adjacent to an activating group) is 1. The number of rotatable bonds is 7. The van der Waals surface area contributed by atoms with Crippen molar-refractivity contribution >= 4 is 21.6 Å². The summed E-state index contributed by atoms with van der Waals surface area (Å²) in [6.45, 7) is 1.36. The minimum atomic E-state index is -3.97.